The average molecular weight is 390 g/mol. The third-order valence-electron chi connectivity index (χ3n) is 5.68. The normalized spacial score (nSPS) is 24.4. The fourth-order valence-electron chi connectivity index (χ4n) is 3.99. The molecule has 3 heterocycles. The smallest absolute Gasteiger partial charge is 0.236 e. The van der Waals surface area contributed by atoms with Crippen molar-refractivity contribution in [3.05, 3.63) is 46.7 Å². The Labute approximate surface area is 162 Å². The van der Waals surface area contributed by atoms with Crippen molar-refractivity contribution in [2.75, 3.05) is 52.9 Å². The molecule has 0 unspecified atom stereocenters. The van der Waals surface area contributed by atoms with Gasteiger partial charge in [0.25, 0.3) is 0 Å². The van der Waals surface area contributed by atoms with Crippen LogP contribution in [0.2, 0.25) is 0 Å². The van der Waals surface area contributed by atoms with Crippen LogP contribution in [0.4, 0.5) is 4.39 Å². The van der Waals surface area contributed by atoms with E-state index in [1.165, 1.54) is 23.7 Å². The van der Waals surface area contributed by atoms with Crippen LogP contribution in [0.1, 0.15) is 23.1 Å². The second-order valence-electron chi connectivity index (χ2n) is 7.47. The highest BCUT2D eigenvalue weighted by molar-refractivity contribution is 7.03. The van der Waals surface area contributed by atoms with Gasteiger partial charge in [0.2, 0.25) is 5.91 Å². The van der Waals surface area contributed by atoms with Gasteiger partial charge in [-0.25, -0.2) is 4.39 Å². The van der Waals surface area contributed by atoms with Gasteiger partial charge < -0.3 is 9.80 Å². The van der Waals surface area contributed by atoms with Gasteiger partial charge in [0, 0.05) is 56.5 Å². The lowest BCUT2D eigenvalue weighted by atomic mass is 9.87. The molecule has 4 rings (SSSR count). The van der Waals surface area contributed by atoms with Crippen molar-refractivity contribution in [2.24, 2.45) is 0 Å². The van der Waals surface area contributed by atoms with Gasteiger partial charge in [0.15, 0.2) is 0 Å². The lowest BCUT2D eigenvalue weighted by molar-refractivity contribution is -0.131. The molecule has 1 aromatic heterocycles. The zero-order valence-corrected chi connectivity index (χ0v) is 16.2. The molecule has 2 saturated heterocycles. The summed E-state index contributed by atoms with van der Waals surface area (Å²) in [5.74, 6) is 0.139. The van der Waals surface area contributed by atoms with Crippen molar-refractivity contribution < 1.29 is 9.18 Å². The molecule has 1 amide bonds. The highest BCUT2D eigenvalue weighted by Crippen LogP contribution is 2.39. The number of aromatic nitrogens is 2. The van der Waals surface area contributed by atoms with E-state index in [4.69, 9.17) is 0 Å². The van der Waals surface area contributed by atoms with Crippen LogP contribution >= 0.6 is 11.5 Å². The largest absolute Gasteiger partial charge is 0.340 e. The number of piperazine rings is 1. The number of benzene rings is 1. The maximum Gasteiger partial charge on any atom is 0.236 e. The van der Waals surface area contributed by atoms with E-state index in [2.05, 4.69) is 26.4 Å². The van der Waals surface area contributed by atoms with Crippen molar-refractivity contribution >= 4 is 17.4 Å². The number of rotatable bonds is 4. The van der Waals surface area contributed by atoms with Gasteiger partial charge >= 0.3 is 0 Å². The van der Waals surface area contributed by atoms with Crippen molar-refractivity contribution in [1.82, 2.24) is 24.3 Å². The van der Waals surface area contributed by atoms with E-state index in [-0.39, 0.29) is 23.6 Å². The number of nitrogens with zero attached hydrogens (tertiary/aromatic N) is 5. The van der Waals surface area contributed by atoms with Crippen LogP contribution in [-0.2, 0) is 4.79 Å². The van der Waals surface area contributed by atoms with Crippen LogP contribution in [-0.4, -0.2) is 83.1 Å². The lowest BCUT2D eigenvalue weighted by Crippen LogP contribution is -2.48. The van der Waals surface area contributed by atoms with E-state index >= 15 is 0 Å². The molecule has 8 heteroatoms. The fraction of sp³-hybridized carbons (Fsp3) is 0.526. The predicted octanol–water partition coefficient (Wildman–Crippen LogP) is 1.63. The van der Waals surface area contributed by atoms with Crippen LogP contribution in [0.5, 0.6) is 0 Å². The van der Waals surface area contributed by atoms with Crippen molar-refractivity contribution in [3.8, 4) is 0 Å². The van der Waals surface area contributed by atoms with E-state index in [0.29, 0.717) is 19.6 Å². The molecule has 2 aliphatic heterocycles. The second-order valence-corrected chi connectivity index (χ2v) is 8.08. The third kappa shape index (κ3) is 4.17. The summed E-state index contributed by atoms with van der Waals surface area (Å²) in [5.41, 5.74) is 1.97. The first-order valence-corrected chi connectivity index (χ1v) is 10.1. The highest BCUT2D eigenvalue weighted by Gasteiger charge is 2.38. The molecule has 1 aromatic carbocycles. The number of likely N-dealkylation sites (tertiary alicyclic amines) is 1. The maximum absolute atomic E-state index is 13.3. The number of carbonyl (C=O) groups excluding carboxylic acids is 1. The lowest BCUT2D eigenvalue weighted by Gasteiger charge is -2.32. The topological polar surface area (TPSA) is 52.6 Å². The molecule has 144 valence electrons. The second kappa shape index (κ2) is 8.00. The van der Waals surface area contributed by atoms with Crippen LogP contribution in [0.3, 0.4) is 0 Å². The molecule has 27 heavy (non-hydrogen) atoms. The Balaban J connectivity index is 1.48. The van der Waals surface area contributed by atoms with E-state index in [1.807, 2.05) is 22.4 Å². The zero-order chi connectivity index (χ0) is 18.8. The number of carbonyl (C=O) groups is 1. The van der Waals surface area contributed by atoms with Gasteiger partial charge in [-0.05, 0) is 36.3 Å². The third-order valence-corrected chi connectivity index (χ3v) is 6.21. The molecular formula is C19H24FN5OS. The summed E-state index contributed by atoms with van der Waals surface area (Å²) in [7, 11) is 2.11. The molecule has 2 aliphatic rings. The molecule has 0 N–H and O–H groups in total. The Kier molecular flexibility index (Phi) is 5.47. The molecule has 2 aromatic rings. The molecule has 2 fully saturated rings. The summed E-state index contributed by atoms with van der Waals surface area (Å²) in [6.45, 7) is 5.59. The van der Waals surface area contributed by atoms with Gasteiger partial charge in [-0.2, -0.15) is 0 Å². The first-order valence-electron chi connectivity index (χ1n) is 9.31. The monoisotopic (exact) mass is 389 g/mol. The minimum Gasteiger partial charge on any atom is -0.340 e. The summed E-state index contributed by atoms with van der Waals surface area (Å²) in [6.07, 6.45) is 0. The summed E-state index contributed by atoms with van der Waals surface area (Å²) >= 11 is 1.33. The quantitative estimate of drug-likeness (QED) is 0.796. The van der Waals surface area contributed by atoms with E-state index in [9.17, 15) is 9.18 Å². The maximum atomic E-state index is 13.3. The Morgan fingerprint density at radius 3 is 2.52 bits per heavy atom. The molecule has 6 nitrogen and oxygen atoms in total. The molecule has 0 aliphatic carbocycles. The molecule has 0 bridgehead atoms. The minimum absolute atomic E-state index is 0.102. The van der Waals surface area contributed by atoms with Gasteiger partial charge in [-0.3, -0.25) is 9.69 Å². The SMILES string of the molecule is CN1CCN(CC(=O)N2C[C@@H](c3ccc(F)cc3)[C@H](c3csnn3)C2)CC1. The van der Waals surface area contributed by atoms with Gasteiger partial charge in [-0.1, -0.05) is 16.6 Å². The molecule has 0 radical (unpaired) electrons. The molecule has 0 spiro atoms. The van der Waals surface area contributed by atoms with Crippen LogP contribution in [0.15, 0.2) is 29.6 Å². The van der Waals surface area contributed by atoms with E-state index in [1.54, 1.807) is 0 Å². The van der Waals surface area contributed by atoms with Crippen LogP contribution in [0, 0.1) is 5.82 Å². The number of likely N-dealkylation sites (N-methyl/N-ethyl adjacent to an activating group) is 1. The standard InChI is InChI=1S/C19H24FN5OS/c1-23-6-8-24(9-7-23)12-19(26)25-10-16(14-2-4-15(20)5-3-14)17(11-25)18-13-27-22-21-18/h2-5,13,16-17H,6-12H2,1H3/t16-,17+/m0/s1. The predicted molar refractivity (Wildman–Crippen MR) is 102 cm³/mol. The highest BCUT2D eigenvalue weighted by atomic mass is 32.1. The van der Waals surface area contributed by atoms with Crippen LogP contribution < -0.4 is 0 Å². The fourth-order valence-corrected chi connectivity index (χ4v) is 4.50. The number of hydrogen-bond acceptors (Lipinski definition) is 6. The minimum atomic E-state index is -0.244. The van der Waals surface area contributed by atoms with Crippen molar-refractivity contribution in [3.63, 3.8) is 0 Å². The Hall–Kier alpha value is -1.90. The van der Waals surface area contributed by atoms with Crippen molar-refractivity contribution in [2.45, 2.75) is 11.8 Å². The Morgan fingerprint density at radius 2 is 1.85 bits per heavy atom. The first-order chi connectivity index (χ1) is 13.1. The van der Waals surface area contributed by atoms with Gasteiger partial charge in [0.05, 0.1) is 12.2 Å². The molecule has 0 saturated carbocycles. The van der Waals surface area contributed by atoms with Crippen molar-refractivity contribution in [1.29, 1.82) is 0 Å². The van der Waals surface area contributed by atoms with Crippen LogP contribution in [0.25, 0.3) is 0 Å². The zero-order valence-electron chi connectivity index (χ0n) is 15.4. The number of amides is 1. The van der Waals surface area contributed by atoms with E-state index < -0.39 is 0 Å². The summed E-state index contributed by atoms with van der Waals surface area (Å²) in [5, 5.41) is 6.20. The number of hydrogen-bond donors (Lipinski definition) is 0. The first kappa shape index (κ1) is 18.5. The molecular weight excluding hydrogens is 365 g/mol. The summed E-state index contributed by atoms with van der Waals surface area (Å²) in [6, 6.07) is 6.61. The average Bonchev–Trinajstić information content (AvgIpc) is 3.33. The van der Waals surface area contributed by atoms with E-state index in [0.717, 1.165) is 37.4 Å². The van der Waals surface area contributed by atoms with Gasteiger partial charge in [-0.15, -0.1) is 5.10 Å². The Morgan fingerprint density at radius 1 is 1.15 bits per heavy atom. The molecule has 2 atom stereocenters. The number of halogens is 1. The summed E-state index contributed by atoms with van der Waals surface area (Å²) < 4.78 is 17.3. The Bertz CT molecular complexity index is 761. The summed E-state index contributed by atoms with van der Waals surface area (Å²) in [4.78, 5) is 19.4. The van der Waals surface area contributed by atoms with Gasteiger partial charge in [0.1, 0.15) is 5.82 Å².